The number of aromatic nitrogens is 2. The second-order valence-corrected chi connectivity index (χ2v) is 6.18. The molecule has 21 heavy (non-hydrogen) atoms. The highest BCUT2D eigenvalue weighted by Gasteiger charge is 2.12. The molecule has 2 rings (SSSR count). The molecule has 0 fully saturated rings. The second kappa shape index (κ2) is 8.15. The molecule has 0 aliphatic heterocycles. The minimum atomic E-state index is 0.332. The highest BCUT2D eigenvalue weighted by Crippen LogP contribution is 2.23. The number of aryl methyl sites for hydroxylation is 2. The third-order valence-electron chi connectivity index (χ3n) is 3.50. The lowest BCUT2D eigenvalue weighted by atomic mass is 10.0. The Kier molecular flexibility index (Phi) is 6.21. The van der Waals surface area contributed by atoms with Crippen LogP contribution in [0.3, 0.4) is 0 Å². The van der Waals surface area contributed by atoms with Crippen LogP contribution in [-0.2, 0) is 0 Å². The number of benzene rings is 1. The van der Waals surface area contributed by atoms with Crippen molar-refractivity contribution in [2.24, 2.45) is 0 Å². The van der Waals surface area contributed by atoms with Crippen molar-refractivity contribution in [2.75, 3.05) is 12.3 Å². The smallest absolute Gasteiger partial charge is 0.187 e. The number of nitrogens with zero attached hydrogens (tertiary/aromatic N) is 2. The Morgan fingerprint density at radius 1 is 1.14 bits per heavy atom. The predicted octanol–water partition coefficient (Wildman–Crippen LogP) is 3.93. The van der Waals surface area contributed by atoms with Crippen molar-refractivity contribution in [3.8, 4) is 0 Å². The molecule has 0 amide bonds. The molecule has 1 N–H and O–H groups in total. The van der Waals surface area contributed by atoms with Crippen LogP contribution in [0.15, 0.2) is 41.8 Å². The molecule has 1 aromatic carbocycles. The zero-order chi connectivity index (χ0) is 15.1. The van der Waals surface area contributed by atoms with E-state index in [4.69, 9.17) is 0 Å². The number of rotatable bonds is 7. The zero-order valence-electron chi connectivity index (χ0n) is 13.0. The molecule has 0 bridgehead atoms. The number of hydrogen-bond donors (Lipinski definition) is 1. The van der Waals surface area contributed by atoms with Gasteiger partial charge in [0.15, 0.2) is 5.16 Å². The Hall–Kier alpha value is -1.39. The van der Waals surface area contributed by atoms with E-state index in [1.165, 1.54) is 16.7 Å². The number of hydrogen-bond acceptors (Lipinski definition) is 4. The lowest BCUT2D eigenvalue weighted by Crippen LogP contribution is -2.24. The van der Waals surface area contributed by atoms with Crippen molar-refractivity contribution in [1.29, 1.82) is 0 Å². The van der Waals surface area contributed by atoms with E-state index in [-0.39, 0.29) is 0 Å². The van der Waals surface area contributed by atoms with Crippen LogP contribution in [0.25, 0.3) is 0 Å². The van der Waals surface area contributed by atoms with Crippen LogP contribution in [-0.4, -0.2) is 22.3 Å². The molecule has 3 nitrogen and oxygen atoms in total. The molecule has 2 aromatic rings. The summed E-state index contributed by atoms with van der Waals surface area (Å²) in [5.74, 6) is 0.937. The van der Waals surface area contributed by atoms with E-state index in [2.05, 4.69) is 54.3 Å². The van der Waals surface area contributed by atoms with Crippen molar-refractivity contribution >= 4 is 11.8 Å². The quantitative estimate of drug-likeness (QED) is 0.621. The normalized spacial score (nSPS) is 12.3. The van der Waals surface area contributed by atoms with Gasteiger partial charge < -0.3 is 5.32 Å². The van der Waals surface area contributed by atoms with Gasteiger partial charge in [0.2, 0.25) is 0 Å². The number of nitrogens with one attached hydrogen (secondary N) is 1. The molecule has 1 aromatic heterocycles. The molecule has 0 radical (unpaired) electrons. The van der Waals surface area contributed by atoms with E-state index < -0.39 is 0 Å². The van der Waals surface area contributed by atoms with E-state index in [0.29, 0.717) is 6.04 Å². The Morgan fingerprint density at radius 2 is 1.90 bits per heavy atom. The fraction of sp³-hybridized carbons (Fsp3) is 0.412. The monoisotopic (exact) mass is 301 g/mol. The topological polar surface area (TPSA) is 37.8 Å². The summed E-state index contributed by atoms with van der Waals surface area (Å²) in [6, 6.07) is 8.89. The van der Waals surface area contributed by atoms with Crippen molar-refractivity contribution in [2.45, 2.75) is 38.4 Å². The van der Waals surface area contributed by atoms with E-state index in [0.717, 1.165) is 23.9 Å². The highest BCUT2D eigenvalue weighted by atomic mass is 32.2. The van der Waals surface area contributed by atoms with Gasteiger partial charge in [-0.05, 0) is 49.6 Å². The van der Waals surface area contributed by atoms with Gasteiger partial charge in [0.05, 0.1) is 0 Å². The Morgan fingerprint density at radius 3 is 2.57 bits per heavy atom. The van der Waals surface area contributed by atoms with Crippen LogP contribution in [0, 0.1) is 13.8 Å². The van der Waals surface area contributed by atoms with Crippen LogP contribution >= 0.6 is 11.8 Å². The summed E-state index contributed by atoms with van der Waals surface area (Å²) in [6.07, 6.45) is 4.72. The summed E-state index contributed by atoms with van der Waals surface area (Å²) in [7, 11) is 0. The van der Waals surface area contributed by atoms with Gasteiger partial charge in [-0.2, -0.15) is 0 Å². The Balaban J connectivity index is 2.08. The number of thioether (sulfide) groups is 1. The fourth-order valence-corrected chi connectivity index (χ4v) is 2.99. The minimum Gasteiger partial charge on any atom is -0.309 e. The molecule has 0 saturated heterocycles. The van der Waals surface area contributed by atoms with Gasteiger partial charge in [0.1, 0.15) is 0 Å². The Labute approximate surface area is 131 Å². The molecule has 0 aliphatic carbocycles. The van der Waals surface area contributed by atoms with Gasteiger partial charge >= 0.3 is 0 Å². The van der Waals surface area contributed by atoms with Crippen molar-refractivity contribution in [3.05, 3.63) is 53.3 Å². The first-order valence-corrected chi connectivity index (χ1v) is 8.39. The molecular formula is C17H23N3S. The molecular weight excluding hydrogens is 278 g/mol. The SMILES string of the molecule is CCCNC(CSc1ncccn1)c1ccc(C)c(C)c1. The van der Waals surface area contributed by atoms with Crippen molar-refractivity contribution < 1.29 is 0 Å². The average molecular weight is 301 g/mol. The van der Waals surface area contributed by atoms with Crippen LogP contribution < -0.4 is 5.32 Å². The summed E-state index contributed by atoms with van der Waals surface area (Å²) in [4.78, 5) is 8.56. The third kappa shape index (κ3) is 4.83. The molecule has 112 valence electrons. The van der Waals surface area contributed by atoms with E-state index in [1.807, 2.05) is 6.07 Å². The summed E-state index contributed by atoms with van der Waals surface area (Å²) < 4.78 is 0. The van der Waals surface area contributed by atoms with Crippen LogP contribution in [0.4, 0.5) is 0 Å². The first kappa shape index (κ1) is 16.0. The molecule has 1 heterocycles. The second-order valence-electron chi connectivity index (χ2n) is 5.19. The van der Waals surface area contributed by atoms with Crippen LogP contribution in [0.1, 0.15) is 36.1 Å². The maximum Gasteiger partial charge on any atom is 0.187 e. The van der Waals surface area contributed by atoms with Gasteiger partial charge in [-0.15, -0.1) is 0 Å². The molecule has 0 saturated carbocycles. The maximum absolute atomic E-state index is 4.28. The van der Waals surface area contributed by atoms with Crippen LogP contribution in [0.5, 0.6) is 0 Å². The van der Waals surface area contributed by atoms with Gasteiger partial charge in [-0.1, -0.05) is 36.9 Å². The van der Waals surface area contributed by atoms with Crippen molar-refractivity contribution in [1.82, 2.24) is 15.3 Å². The summed E-state index contributed by atoms with van der Waals surface area (Å²) in [6.45, 7) is 7.54. The average Bonchev–Trinajstić information content (AvgIpc) is 2.51. The standard InChI is InChI=1S/C17H23N3S/c1-4-8-18-16(12-21-17-19-9-5-10-20-17)15-7-6-13(2)14(3)11-15/h5-7,9-11,16,18H,4,8,12H2,1-3H3. The molecule has 0 aliphatic rings. The van der Waals surface area contributed by atoms with Gasteiger partial charge in [0.25, 0.3) is 0 Å². The first-order chi connectivity index (χ1) is 10.2. The van der Waals surface area contributed by atoms with Crippen LogP contribution in [0.2, 0.25) is 0 Å². The lowest BCUT2D eigenvalue weighted by molar-refractivity contribution is 0.576. The minimum absolute atomic E-state index is 0.332. The van der Waals surface area contributed by atoms with E-state index >= 15 is 0 Å². The van der Waals surface area contributed by atoms with Gasteiger partial charge in [-0.25, -0.2) is 9.97 Å². The summed E-state index contributed by atoms with van der Waals surface area (Å²) in [5.41, 5.74) is 4.03. The summed E-state index contributed by atoms with van der Waals surface area (Å²) >= 11 is 1.70. The van der Waals surface area contributed by atoms with Crippen molar-refractivity contribution in [3.63, 3.8) is 0 Å². The first-order valence-electron chi connectivity index (χ1n) is 7.41. The van der Waals surface area contributed by atoms with Gasteiger partial charge in [-0.3, -0.25) is 0 Å². The predicted molar refractivity (Wildman–Crippen MR) is 89.7 cm³/mol. The largest absolute Gasteiger partial charge is 0.309 e. The molecule has 0 spiro atoms. The fourth-order valence-electron chi connectivity index (χ4n) is 2.09. The Bertz CT molecular complexity index is 557. The highest BCUT2D eigenvalue weighted by molar-refractivity contribution is 7.99. The molecule has 4 heteroatoms. The molecule has 1 unspecified atom stereocenters. The lowest BCUT2D eigenvalue weighted by Gasteiger charge is -2.19. The maximum atomic E-state index is 4.28. The zero-order valence-corrected chi connectivity index (χ0v) is 13.8. The summed E-state index contributed by atoms with van der Waals surface area (Å²) in [5, 5.41) is 4.46. The van der Waals surface area contributed by atoms with Gasteiger partial charge in [0, 0.05) is 24.2 Å². The van der Waals surface area contributed by atoms with E-state index in [9.17, 15) is 0 Å². The van der Waals surface area contributed by atoms with E-state index in [1.54, 1.807) is 24.2 Å². The third-order valence-corrected chi connectivity index (χ3v) is 4.46. The molecule has 1 atom stereocenters.